The molecule has 0 aromatic heterocycles. The number of hydrogen-bond donors (Lipinski definition) is 0. The first-order valence-electron chi connectivity index (χ1n) is 4.05. The van der Waals surface area contributed by atoms with Crippen LogP contribution in [0.2, 0.25) is 0 Å². The Morgan fingerprint density at radius 1 is 1.38 bits per heavy atom. The molecular weight excluding hydrogens is 158 g/mol. The molecule has 0 radical (unpaired) electrons. The number of allylic oxidation sites excluding steroid dienone is 2. The maximum atomic E-state index is 5.17. The first-order valence-corrected chi connectivity index (χ1v) is 4.05. The Bertz CT molecular complexity index is 352. The Kier molecular flexibility index (Phi) is 3.53. The van der Waals surface area contributed by atoms with E-state index in [9.17, 15) is 0 Å². The molecule has 1 nitrogen and oxygen atoms in total. The molecule has 0 aliphatic rings. The average Bonchev–Trinajstić information content (AvgIpc) is 2.19. The normalized spacial score (nSPS) is 11.5. The van der Waals surface area contributed by atoms with Crippen molar-refractivity contribution >= 4 is 11.9 Å². The minimum atomic E-state index is 0.875. The second-order valence-corrected chi connectivity index (χ2v) is 2.61. The highest BCUT2D eigenvalue weighted by atomic mass is 14.7. The van der Waals surface area contributed by atoms with Gasteiger partial charge in [0.1, 0.15) is 0 Å². The Morgan fingerprint density at radius 2 is 2.08 bits per heavy atom. The van der Waals surface area contributed by atoms with Gasteiger partial charge in [-0.25, -0.2) is 0 Å². The van der Waals surface area contributed by atoms with Crippen LogP contribution in [0.1, 0.15) is 6.92 Å². The van der Waals surface area contributed by atoms with Crippen LogP contribution in [0.15, 0.2) is 47.0 Å². The molecule has 0 aliphatic heterocycles. The van der Waals surface area contributed by atoms with Gasteiger partial charge in [-0.05, 0) is 25.1 Å². The molecule has 0 bridgehead atoms. The summed E-state index contributed by atoms with van der Waals surface area (Å²) in [7, 11) is 0. The maximum absolute atomic E-state index is 5.17. The lowest BCUT2D eigenvalue weighted by atomic mass is 10.3. The lowest BCUT2D eigenvalue weighted by Gasteiger charge is -1.88. The lowest BCUT2D eigenvalue weighted by molar-refractivity contribution is 1.53. The molecular formula is C12H11N. The van der Waals surface area contributed by atoms with Crippen LogP contribution >= 0.6 is 0 Å². The molecule has 0 saturated carbocycles. The second kappa shape index (κ2) is 4.95. The van der Waals surface area contributed by atoms with Gasteiger partial charge in [-0.15, -0.1) is 6.42 Å². The summed E-state index contributed by atoms with van der Waals surface area (Å²) in [5, 5.41) is 0. The summed E-state index contributed by atoms with van der Waals surface area (Å²) >= 11 is 0. The van der Waals surface area contributed by atoms with Gasteiger partial charge in [-0.2, -0.15) is 0 Å². The van der Waals surface area contributed by atoms with Crippen molar-refractivity contribution in [3.05, 3.63) is 42.0 Å². The van der Waals surface area contributed by atoms with E-state index >= 15 is 0 Å². The zero-order valence-electron chi connectivity index (χ0n) is 7.57. The number of rotatable bonds is 2. The highest BCUT2D eigenvalue weighted by molar-refractivity contribution is 5.76. The largest absolute Gasteiger partial charge is 0.257 e. The van der Waals surface area contributed by atoms with E-state index in [0.717, 1.165) is 11.3 Å². The summed E-state index contributed by atoms with van der Waals surface area (Å²) in [6.07, 6.45) is 8.70. The molecule has 1 aromatic carbocycles. The van der Waals surface area contributed by atoms with E-state index in [1.54, 1.807) is 6.21 Å². The van der Waals surface area contributed by atoms with Crippen molar-refractivity contribution in [2.75, 3.05) is 0 Å². The summed E-state index contributed by atoms with van der Waals surface area (Å²) in [5.41, 5.74) is 1.81. The molecule has 0 heterocycles. The summed E-state index contributed by atoms with van der Waals surface area (Å²) in [5.74, 6) is 2.52. The Balaban J connectivity index is 2.66. The smallest absolute Gasteiger partial charge is 0.0629 e. The highest BCUT2D eigenvalue weighted by Gasteiger charge is 1.81. The van der Waals surface area contributed by atoms with E-state index in [0.29, 0.717) is 0 Å². The van der Waals surface area contributed by atoms with Gasteiger partial charge < -0.3 is 0 Å². The minimum Gasteiger partial charge on any atom is -0.257 e. The summed E-state index contributed by atoms with van der Waals surface area (Å²) in [6, 6.07) is 9.74. The number of nitrogens with zero attached hydrogens (tertiary/aromatic N) is 1. The van der Waals surface area contributed by atoms with Crippen LogP contribution in [-0.4, -0.2) is 6.21 Å². The molecule has 0 saturated heterocycles. The third-order valence-corrected chi connectivity index (χ3v) is 1.53. The predicted octanol–water partition coefficient (Wildman–Crippen LogP) is 2.97. The van der Waals surface area contributed by atoms with E-state index in [1.807, 2.05) is 43.3 Å². The zero-order valence-corrected chi connectivity index (χ0v) is 7.57. The van der Waals surface area contributed by atoms with Gasteiger partial charge in [0.15, 0.2) is 0 Å². The molecule has 0 unspecified atom stereocenters. The van der Waals surface area contributed by atoms with Gasteiger partial charge in [0, 0.05) is 11.8 Å². The van der Waals surface area contributed by atoms with E-state index < -0.39 is 0 Å². The number of terminal acetylenes is 1. The van der Waals surface area contributed by atoms with Crippen molar-refractivity contribution in [3.8, 4) is 12.3 Å². The van der Waals surface area contributed by atoms with Gasteiger partial charge in [-0.3, -0.25) is 4.99 Å². The summed E-state index contributed by atoms with van der Waals surface area (Å²) in [4.78, 5) is 4.20. The van der Waals surface area contributed by atoms with Crippen LogP contribution in [0, 0.1) is 12.3 Å². The number of hydrogen-bond acceptors (Lipinski definition) is 1. The first kappa shape index (κ1) is 9.28. The van der Waals surface area contributed by atoms with Crippen molar-refractivity contribution in [2.45, 2.75) is 6.92 Å². The average molecular weight is 169 g/mol. The molecule has 64 valence electrons. The van der Waals surface area contributed by atoms with Crippen molar-refractivity contribution < 1.29 is 0 Å². The molecule has 1 heteroatoms. The van der Waals surface area contributed by atoms with Crippen molar-refractivity contribution in [1.82, 2.24) is 0 Å². The fourth-order valence-corrected chi connectivity index (χ4v) is 0.797. The molecule has 0 fully saturated rings. The van der Waals surface area contributed by atoms with Gasteiger partial charge in [-0.1, -0.05) is 24.1 Å². The fraction of sp³-hybridized carbons (Fsp3) is 0.0833. The van der Waals surface area contributed by atoms with Crippen molar-refractivity contribution in [2.24, 2.45) is 4.99 Å². The Labute approximate surface area is 78.8 Å². The molecule has 13 heavy (non-hydrogen) atoms. The van der Waals surface area contributed by atoms with Crippen LogP contribution in [0.25, 0.3) is 0 Å². The van der Waals surface area contributed by atoms with Crippen LogP contribution in [-0.2, 0) is 0 Å². The van der Waals surface area contributed by atoms with Gasteiger partial charge in [0.25, 0.3) is 0 Å². The summed E-state index contributed by atoms with van der Waals surface area (Å²) in [6.45, 7) is 1.87. The molecule has 0 atom stereocenters. The number of para-hydroxylation sites is 1. The third-order valence-electron chi connectivity index (χ3n) is 1.53. The van der Waals surface area contributed by atoms with E-state index in [1.165, 1.54) is 0 Å². The topological polar surface area (TPSA) is 12.4 Å². The van der Waals surface area contributed by atoms with E-state index in [-0.39, 0.29) is 0 Å². The third kappa shape index (κ3) is 3.39. The van der Waals surface area contributed by atoms with E-state index in [2.05, 4.69) is 10.9 Å². The fourth-order valence-electron chi connectivity index (χ4n) is 0.797. The number of aliphatic imine (C=N–C) groups is 1. The quantitative estimate of drug-likeness (QED) is 0.476. The monoisotopic (exact) mass is 169 g/mol. The maximum Gasteiger partial charge on any atom is 0.0629 e. The first-order chi connectivity index (χ1) is 6.33. The minimum absolute atomic E-state index is 0.875. The molecule has 0 N–H and O–H groups in total. The van der Waals surface area contributed by atoms with Gasteiger partial charge in [0.2, 0.25) is 0 Å². The second-order valence-electron chi connectivity index (χ2n) is 2.61. The van der Waals surface area contributed by atoms with Crippen LogP contribution < -0.4 is 0 Å². The molecule has 1 rings (SSSR count). The summed E-state index contributed by atoms with van der Waals surface area (Å²) < 4.78 is 0. The van der Waals surface area contributed by atoms with Crippen molar-refractivity contribution in [1.29, 1.82) is 0 Å². The highest BCUT2D eigenvalue weighted by Crippen LogP contribution is 2.08. The van der Waals surface area contributed by atoms with Crippen LogP contribution in [0.5, 0.6) is 0 Å². The van der Waals surface area contributed by atoms with E-state index in [4.69, 9.17) is 6.42 Å². The van der Waals surface area contributed by atoms with Crippen molar-refractivity contribution in [3.63, 3.8) is 0 Å². The number of benzene rings is 1. The molecule has 0 aliphatic carbocycles. The van der Waals surface area contributed by atoms with Crippen LogP contribution in [0.4, 0.5) is 5.69 Å². The van der Waals surface area contributed by atoms with Gasteiger partial charge in [0.05, 0.1) is 5.69 Å². The standard InChI is InChI=1S/C12H11N/c1-3-11(2)9-10-13-12-7-5-4-6-8-12/h1,4-10H,2H3/b11-9+,13-10?. The lowest BCUT2D eigenvalue weighted by Crippen LogP contribution is -1.70. The Hall–Kier alpha value is -1.81. The predicted molar refractivity (Wildman–Crippen MR) is 57.2 cm³/mol. The van der Waals surface area contributed by atoms with Gasteiger partial charge >= 0.3 is 0 Å². The SMILES string of the molecule is C#C/C(C)=C/C=Nc1ccccc1. The molecule has 0 amide bonds. The molecule has 0 spiro atoms. The molecule has 1 aromatic rings. The Morgan fingerprint density at radius 3 is 2.69 bits per heavy atom. The zero-order chi connectivity index (χ0) is 9.52. The van der Waals surface area contributed by atoms with Crippen LogP contribution in [0.3, 0.4) is 0 Å².